The van der Waals surface area contributed by atoms with Crippen LogP contribution >= 0.6 is 0 Å². The van der Waals surface area contributed by atoms with E-state index in [1.54, 1.807) is 0 Å². The molecule has 0 atom stereocenters. The minimum atomic E-state index is -3.27. The zero-order valence-electron chi connectivity index (χ0n) is 10.7. The zero-order valence-corrected chi connectivity index (χ0v) is 12.3. The van der Waals surface area contributed by atoms with E-state index in [1.165, 1.54) is 0 Å². The fourth-order valence-corrected chi connectivity index (χ4v) is 4.18. The van der Waals surface area contributed by atoms with Crippen LogP contribution in [0.5, 0.6) is 0 Å². The van der Waals surface area contributed by atoms with E-state index < -0.39 is 19.9 Å². The van der Waals surface area contributed by atoms with Crippen molar-refractivity contribution in [2.24, 2.45) is 5.92 Å². The highest BCUT2D eigenvalue weighted by Crippen LogP contribution is 2.13. The van der Waals surface area contributed by atoms with Crippen molar-refractivity contribution in [1.82, 2.24) is 10.0 Å². The van der Waals surface area contributed by atoms with E-state index in [0.29, 0.717) is 6.42 Å². The number of rotatable bonds is 7. The van der Waals surface area contributed by atoms with Gasteiger partial charge in [-0.05, 0) is 38.3 Å². The first kappa shape index (κ1) is 15.9. The zero-order chi connectivity index (χ0) is 13.6. The molecule has 108 valence electrons. The van der Waals surface area contributed by atoms with Crippen LogP contribution in [0.2, 0.25) is 0 Å². The molecule has 1 heterocycles. The van der Waals surface area contributed by atoms with Crippen molar-refractivity contribution in [2.75, 3.05) is 37.4 Å². The van der Waals surface area contributed by atoms with E-state index in [1.807, 2.05) is 0 Å². The molecule has 0 spiro atoms. The van der Waals surface area contributed by atoms with Gasteiger partial charge in [-0.15, -0.1) is 0 Å². The largest absolute Gasteiger partial charge is 0.317 e. The topological polar surface area (TPSA) is 92.3 Å². The van der Waals surface area contributed by atoms with Crippen LogP contribution in [0.3, 0.4) is 0 Å². The molecule has 0 aromatic heterocycles. The number of sulfone groups is 1. The van der Waals surface area contributed by atoms with Crippen molar-refractivity contribution in [2.45, 2.75) is 19.3 Å². The van der Waals surface area contributed by atoms with Crippen molar-refractivity contribution in [1.29, 1.82) is 0 Å². The Morgan fingerprint density at radius 1 is 1.17 bits per heavy atom. The Bertz CT molecular complexity index is 438. The average Bonchev–Trinajstić information content (AvgIpc) is 2.24. The summed E-state index contributed by atoms with van der Waals surface area (Å²) in [6.45, 7) is 1.93. The molecule has 0 bridgehead atoms. The first-order valence-corrected chi connectivity index (χ1v) is 9.85. The van der Waals surface area contributed by atoms with Crippen molar-refractivity contribution >= 4 is 19.9 Å². The maximum absolute atomic E-state index is 11.7. The molecule has 0 amide bonds. The molecule has 0 radical (unpaired) electrons. The molecule has 6 nitrogen and oxygen atoms in total. The SMILES string of the molecule is CS(=O)(=O)CCCNS(=O)(=O)CC1CCNCC1. The summed E-state index contributed by atoms with van der Waals surface area (Å²) < 4.78 is 47.7. The molecule has 1 fully saturated rings. The van der Waals surface area contributed by atoms with Gasteiger partial charge in [0, 0.05) is 12.8 Å². The molecule has 18 heavy (non-hydrogen) atoms. The fourth-order valence-electron chi connectivity index (χ4n) is 1.98. The summed E-state index contributed by atoms with van der Waals surface area (Å²) in [6.07, 6.45) is 3.23. The van der Waals surface area contributed by atoms with Gasteiger partial charge in [-0.1, -0.05) is 0 Å². The average molecular weight is 298 g/mol. The third kappa shape index (κ3) is 7.30. The summed E-state index contributed by atoms with van der Waals surface area (Å²) in [4.78, 5) is 0. The minimum absolute atomic E-state index is 0.0167. The molecule has 1 aliphatic rings. The number of hydrogen-bond donors (Lipinski definition) is 2. The second-order valence-electron chi connectivity index (χ2n) is 4.85. The Morgan fingerprint density at radius 3 is 2.33 bits per heavy atom. The molecular formula is C10H22N2O4S2. The van der Waals surface area contributed by atoms with E-state index >= 15 is 0 Å². The van der Waals surface area contributed by atoms with Crippen LogP contribution < -0.4 is 10.0 Å². The van der Waals surface area contributed by atoms with Crippen molar-refractivity contribution < 1.29 is 16.8 Å². The Morgan fingerprint density at radius 2 is 1.78 bits per heavy atom. The quantitative estimate of drug-likeness (QED) is 0.609. The molecule has 2 N–H and O–H groups in total. The number of hydrogen-bond acceptors (Lipinski definition) is 5. The minimum Gasteiger partial charge on any atom is -0.317 e. The smallest absolute Gasteiger partial charge is 0.211 e. The normalized spacial score (nSPS) is 18.9. The van der Waals surface area contributed by atoms with Crippen molar-refractivity contribution in [3.8, 4) is 0 Å². The van der Waals surface area contributed by atoms with E-state index in [-0.39, 0.29) is 24.0 Å². The molecule has 1 rings (SSSR count). The van der Waals surface area contributed by atoms with Crippen LogP contribution in [0.1, 0.15) is 19.3 Å². The van der Waals surface area contributed by atoms with Gasteiger partial charge in [0.2, 0.25) is 10.0 Å². The van der Waals surface area contributed by atoms with Crippen LogP contribution in [0.4, 0.5) is 0 Å². The highest BCUT2D eigenvalue weighted by molar-refractivity contribution is 7.90. The van der Waals surface area contributed by atoms with Crippen LogP contribution in [0.25, 0.3) is 0 Å². The lowest BCUT2D eigenvalue weighted by molar-refractivity contribution is 0.400. The Kier molecular flexibility index (Phi) is 6.03. The van der Waals surface area contributed by atoms with Crippen LogP contribution in [-0.2, 0) is 19.9 Å². The van der Waals surface area contributed by atoms with Gasteiger partial charge in [-0.25, -0.2) is 21.6 Å². The molecule has 8 heteroatoms. The summed E-state index contributed by atoms with van der Waals surface area (Å²) in [5.41, 5.74) is 0. The summed E-state index contributed by atoms with van der Waals surface area (Å²) in [5, 5.41) is 3.19. The van der Waals surface area contributed by atoms with Gasteiger partial charge in [-0.3, -0.25) is 0 Å². The van der Waals surface area contributed by atoms with Gasteiger partial charge >= 0.3 is 0 Å². The highest BCUT2D eigenvalue weighted by atomic mass is 32.2. The Balaban J connectivity index is 2.26. The number of nitrogens with one attached hydrogen (secondary N) is 2. The van der Waals surface area contributed by atoms with Gasteiger partial charge < -0.3 is 5.32 Å². The second kappa shape index (κ2) is 6.83. The molecule has 0 aromatic rings. The van der Waals surface area contributed by atoms with E-state index in [2.05, 4.69) is 10.0 Å². The van der Waals surface area contributed by atoms with Gasteiger partial charge in [0.25, 0.3) is 0 Å². The van der Waals surface area contributed by atoms with Crippen LogP contribution in [-0.4, -0.2) is 54.2 Å². The lowest BCUT2D eigenvalue weighted by Crippen LogP contribution is -2.36. The molecule has 1 saturated heterocycles. The summed E-state index contributed by atoms with van der Waals surface area (Å²) >= 11 is 0. The van der Waals surface area contributed by atoms with Crippen LogP contribution in [0, 0.1) is 5.92 Å². The first-order valence-electron chi connectivity index (χ1n) is 6.14. The molecule has 0 aliphatic carbocycles. The maximum atomic E-state index is 11.7. The lowest BCUT2D eigenvalue weighted by atomic mass is 10.0. The summed E-state index contributed by atoms with van der Waals surface area (Å²) in [7, 11) is -6.28. The van der Waals surface area contributed by atoms with E-state index in [4.69, 9.17) is 0 Å². The predicted molar refractivity (Wildman–Crippen MR) is 71.7 cm³/mol. The highest BCUT2D eigenvalue weighted by Gasteiger charge is 2.20. The molecular weight excluding hydrogens is 276 g/mol. The third-order valence-corrected chi connectivity index (χ3v) is 5.51. The molecule has 0 saturated carbocycles. The van der Waals surface area contributed by atoms with Crippen molar-refractivity contribution in [3.05, 3.63) is 0 Å². The standard InChI is InChI=1S/C10H22N2O4S2/c1-17(13,14)8-2-5-12-18(15,16)9-10-3-6-11-7-4-10/h10-12H,2-9H2,1H3. The number of sulfonamides is 1. The first-order chi connectivity index (χ1) is 8.29. The number of piperidine rings is 1. The van der Waals surface area contributed by atoms with Crippen molar-refractivity contribution in [3.63, 3.8) is 0 Å². The van der Waals surface area contributed by atoms with Gasteiger partial charge in [-0.2, -0.15) is 0 Å². The summed E-state index contributed by atoms with van der Waals surface area (Å²) in [5.74, 6) is 0.370. The lowest BCUT2D eigenvalue weighted by Gasteiger charge is -2.22. The third-order valence-electron chi connectivity index (χ3n) is 2.93. The Hall–Kier alpha value is -0.180. The van der Waals surface area contributed by atoms with Gasteiger partial charge in [0.1, 0.15) is 9.84 Å². The predicted octanol–water partition coefficient (Wildman–Crippen LogP) is -0.660. The molecule has 0 aromatic carbocycles. The van der Waals surface area contributed by atoms with Gasteiger partial charge in [0.05, 0.1) is 11.5 Å². The van der Waals surface area contributed by atoms with Gasteiger partial charge in [0.15, 0.2) is 0 Å². The maximum Gasteiger partial charge on any atom is 0.211 e. The molecule has 0 unspecified atom stereocenters. The summed E-state index contributed by atoms with van der Waals surface area (Å²) in [6, 6.07) is 0. The molecule has 1 aliphatic heterocycles. The second-order valence-corrected chi connectivity index (χ2v) is 8.96. The fraction of sp³-hybridized carbons (Fsp3) is 1.00. The Labute approximate surface area is 110 Å². The van der Waals surface area contributed by atoms with Crippen LogP contribution in [0.15, 0.2) is 0 Å². The monoisotopic (exact) mass is 298 g/mol. The van der Waals surface area contributed by atoms with E-state index in [0.717, 1.165) is 32.2 Å². The van der Waals surface area contributed by atoms with E-state index in [9.17, 15) is 16.8 Å².